The Labute approximate surface area is 179 Å². The molecule has 1 aliphatic carbocycles. The molecule has 1 unspecified atom stereocenters. The number of aryl methyl sites for hydroxylation is 1. The van der Waals surface area contributed by atoms with E-state index >= 15 is 0 Å². The highest BCUT2D eigenvalue weighted by Gasteiger charge is 2.41. The van der Waals surface area contributed by atoms with Crippen molar-refractivity contribution in [3.05, 3.63) is 47.5 Å². The van der Waals surface area contributed by atoms with Crippen LogP contribution in [0.3, 0.4) is 0 Å². The Kier molecular flexibility index (Phi) is 9.46. The topological polar surface area (TPSA) is 29.1 Å². The van der Waals surface area contributed by atoms with Gasteiger partial charge in [-0.15, -0.1) is 6.58 Å². The molecule has 29 heavy (non-hydrogen) atoms. The van der Waals surface area contributed by atoms with E-state index in [4.69, 9.17) is 0 Å². The number of carbonyl (C=O) groups excluding carboxylic acids is 1. The average molecular weight is 398 g/mol. The van der Waals surface area contributed by atoms with Crippen molar-refractivity contribution in [2.24, 2.45) is 11.3 Å². The molecule has 0 saturated heterocycles. The number of amides is 1. The Morgan fingerprint density at radius 3 is 2.72 bits per heavy atom. The lowest BCUT2D eigenvalue weighted by atomic mass is 9.65. The van der Waals surface area contributed by atoms with Crippen LogP contribution in [0.15, 0.2) is 30.9 Å². The highest BCUT2D eigenvalue weighted by Crippen LogP contribution is 2.42. The summed E-state index contributed by atoms with van der Waals surface area (Å²) in [6.45, 7) is 13.6. The molecule has 2 heteroatoms. The molecular weight excluding hydrogens is 354 g/mol. The summed E-state index contributed by atoms with van der Waals surface area (Å²) in [5.74, 6) is 1.26. The van der Waals surface area contributed by atoms with Crippen LogP contribution in [0.2, 0.25) is 0 Å². The zero-order valence-corrected chi connectivity index (χ0v) is 19.4. The fourth-order valence-corrected chi connectivity index (χ4v) is 4.75. The van der Waals surface area contributed by atoms with E-state index in [0.29, 0.717) is 11.8 Å². The van der Waals surface area contributed by atoms with Gasteiger partial charge in [0.1, 0.15) is 0 Å². The first-order valence-electron chi connectivity index (χ1n) is 11.9. The van der Waals surface area contributed by atoms with Crippen LogP contribution in [0.25, 0.3) is 0 Å². The third kappa shape index (κ3) is 6.46. The van der Waals surface area contributed by atoms with E-state index < -0.39 is 0 Å². The first-order chi connectivity index (χ1) is 13.9. The smallest absolute Gasteiger partial charge is 0.226 e. The predicted molar refractivity (Wildman–Crippen MR) is 125 cm³/mol. The van der Waals surface area contributed by atoms with Crippen LogP contribution in [0.5, 0.6) is 0 Å². The molecule has 1 amide bonds. The van der Waals surface area contributed by atoms with Gasteiger partial charge >= 0.3 is 0 Å². The molecule has 1 N–H and O–H groups in total. The number of hydrogen-bond acceptors (Lipinski definition) is 1. The maximum Gasteiger partial charge on any atom is 0.226 e. The van der Waals surface area contributed by atoms with Crippen molar-refractivity contribution < 1.29 is 4.79 Å². The first kappa shape index (κ1) is 23.7. The molecule has 1 aromatic carbocycles. The van der Waals surface area contributed by atoms with Gasteiger partial charge in [-0.2, -0.15) is 0 Å². The summed E-state index contributed by atoms with van der Waals surface area (Å²) >= 11 is 0. The maximum atomic E-state index is 13.3. The van der Waals surface area contributed by atoms with Gasteiger partial charge in [0, 0.05) is 12.0 Å². The number of rotatable bonds is 12. The summed E-state index contributed by atoms with van der Waals surface area (Å²) in [5.41, 5.74) is 4.10. The predicted octanol–water partition coefficient (Wildman–Crippen LogP) is 6.97. The number of fused-ring (bicyclic) bond motifs is 1. The number of carbonyl (C=O) groups is 1. The average Bonchev–Trinajstić information content (AvgIpc) is 2.72. The molecule has 0 heterocycles. The molecule has 0 saturated carbocycles. The van der Waals surface area contributed by atoms with Gasteiger partial charge in [0.25, 0.3) is 0 Å². The van der Waals surface area contributed by atoms with Crippen molar-refractivity contribution in [3.8, 4) is 0 Å². The van der Waals surface area contributed by atoms with E-state index in [9.17, 15) is 4.79 Å². The fourth-order valence-electron chi connectivity index (χ4n) is 4.75. The van der Waals surface area contributed by atoms with Gasteiger partial charge in [0.15, 0.2) is 0 Å². The number of benzene rings is 1. The van der Waals surface area contributed by atoms with Gasteiger partial charge in [-0.05, 0) is 73.5 Å². The second kappa shape index (κ2) is 11.6. The molecule has 0 bridgehead atoms. The molecule has 0 spiro atoms. The first-order valence-corrected chi connectivity index (χ1v) is 11.9. The zero-order chi connectivity index (χ0) is 21.3. The van der Waals surface area contributed by atoms with Crippen molar-refractivity contribution >= 4 is 5.91 Å². The molecular formula is C27H43NO. The molecule has 2 atom stereocenters. The molecule has 162 valence electrons. The highest BCUT2D eigenvalue weighted by molar-refractivity contribution is 5.82. The fraction of sp³-hybridized carbons (Fsp3) is 0.667. The van der Waals surface area contributed by atoms with Crippen LogP contribution in [0.4, 0.5) is 0 Å². The summed E-state index contributed by atoms with van der Waals surface area (Å²) in [4.78, 5) is 13.3. The largest absolute Gasteiger partial charge is 0.356 e. The maximum absolute atomic E-state index is 13.3. The summed E-state index contributed by atoms with van der Waals surface area (Å²) in [6.07, 6.45) is 13.0. The molecule has 0 radical (unpaired) electrons. The Morgan fingerprint density at radius 2 is 2.03 bits per heavy atom. The third-order valence-electron chi connectivity index (χ3n) is 6.97. The van der Waals surface area contributed by atoms with Crippen molar-refractivity contribution in [3.63, 3.8) is 0 Å². The van der Waals surface area contributed by atoms with Crippen LogP contribution in [0, 0.1) is 11.3 Å². The number of unbranched alkanes of at least 4 members (excludes halogenated alkanes) is 4. The monoisotopic (exact) mass is 397 g/mol. The molecule has 2 nitrogen and oxygen atoms in total. The molecule has 2 rings (SSSR count). The van der Waals surface area contributed by atoms with E-state index in [2.05, 4.69) is 57.8 Å². The minimum absolute atomic E-state index is 0.269. The van der Waals surface area contributed by atoms with Crippen LogP contribution in [-0.2, 0) is 17.6 Å². The minimum Gasteiger partial charge on any atom is -0.356 e. The lowest BCUT2D eigenvalue weighted by Crippen LogP contribution is -2.46. The van der Waals surface area contributed by atoms with Crippen LogP contribution < -0.4 is 5.32 Å². The molecule has 1 aromatic rings. The minimum atomic E-state index is -0.290. The summed E-state index contributed by atoms with van der Waals surface area (Å²) in [5, 5.41) is 3.29. The Hall–Kier alpha value is -1.57. The Morgan fingerprint density at radius 1 is 1.24 bits per heavy atom. The quantitative estimate of drug-likeness (QED) is 0.299. The normalized spacial score (nSPS) is 18.2. The third-order valence-corrected chi connectivity index (χ3v) is 6.97. The van der Waals surface area contributed by atoms with Gasteiger partial charge in [-0.3, -0.25) is 4.79 Å². The van der Waals surface area contributed by atoms with Gasteiger partial charge in [0.05, 0.1) is 0 Å². The van der Waals surface area contributed by atoms with E-state index in [-0.39, 0.29) is 11.3 Å². The van der Waals surface area contributed by atoms with Crippen molar-refractivity contribution in [2.75, 3.05) is 6.54 Å². The van der Waals surface area contributed by atoms with Crippen molar-refractivity contribution in [1.29, 1.82) is 0 Å². The zero-order valence-electron chi connectivity index (χ0n) is 19.4. The summed E-state index contributed by atoms with van der Waals surface area (Å²) in [7, 11) is 0. The molecule has 0 aromatic heterocycles. The van der Waals surface area contributed by atoms with Crippen LogP contribution in [-0.4, -0.2) is 12.5 Å². The Balaban J connectivity index is 2.10. The van der Waals surface area contributed by atoms with Crippen molar-refractivity contribution in [1.82, 2.24) is 5.32 Å². The highest BCUT2D eigenvalue weighted by atomic mass is 16.2. The second-order valence-electron chi connectivity index (χ2n) is 9.54. The standard InChI is InChI=1S/C27H43NO/c1-6-8-10-12-18-28-26(29)27(5,17-11-9-7-2)25-16-15-23-19-22(21(3)4)13-14-24(23)20-25/h7,13-14,19,21,25H,2,6,8-12,15-18,20H2,1,3-5H3,(H,28,29)/t25?,27-/m1/s1. The second-order valence-corrected chi connectivity index (χ2v) is 9.54. The number of nitrogens with one attached hydrogen (secondary N) is 1. The summed E-state index contributed by atoms with van der Waals surface area (Å²) < 4.78 is 0. The van der Waals surface area contributed by atoms with Crippen LogP contribution in [0.1, 0.15) is 102 Å². The number of allylic oxidation sites excluding steroid dienone is 1. The molecule has 0 aliphatic heterocycles. The van der Waals surface area contributed by atoms with Gasteiger partial charge < -0.3 is 5.32 Å². The van der Waals surface area contributed by atoms with E-state index in [0.717, 1.165) is 51.5 Å². The summed E-state index contributed by atoms with van der Waals surface area (Å²) in [6, 6.07) is 7.01. The van der Waals surface area contributed by atoms with Crippen molar-refractivity contribution in [2.45, 2.75) is 97.8 Å². The van der Waals surface area contributed by atoms with Gasteiger partial charge in [-0.25, -0.2) is 0 Å². The van der Waals surface area contributed by atoms with Gasteiger partial charge in [-0.1, -0.05) is 71.2 Å². The van der Waals surface area contributed by atoms with E-state index in [1.165, 1.54) is 36.0 Å². The molecule has 1 aliphatic rings. The molecule has 0 fully saturated rings. The lowest BCUT2D eigenvalue weighted by Gasteiger charge is -2.39. The Bertz CT molecular complexity index is 663. The van der Waals surface area contributed by atoms with Gasteiger partial charge in [0.2, 0.25) is 5.91 Å². The SMILES string of the molecule is C=CCCC[C@@](C)(C(=O)NCCCCCC)C1CCc2cc(C(C)C)ccc2C1. The van der Waals surface area contributed by atoms with E-state index in [1.54, 1.807) is 0 Å². The van der Waals surface area contributed by atoms with E-state index in [1.807, 2.05) is 6.08 Å². The number of hydrogen-bond donors (Lipinski definition) is 1. The van der Waals surface area contributed by atoms with Crippen LogP contribution >= 0.6 is 0 Å². The lowest BCUT2D eigenvalue weighted by molar-refractivity contribution is -0.134.